The number of hydrogen-bond donors (Lipinski definition) is 0. The predicted molar refractivity (Wildman–Crippen MR) is 212 cm³/mol. The van der Waals surface area contributed by atoms with Gasteiger partial charge in [0.15, 0.2) is 12.2 Å². The minimum atomic E-state index is -1.00. The number of anilines is 2. The lowest BCUT2D eigenvalue weighted by atomic mass is 10.1. The number of rotatable bonds is 18. The number of thioether (sulfide) groups is 2. The van der Waals surface area contributed by atoms with Crippen molar-refractivity contribution in [1.29, 1.82) is 0 Å². The van der Waals surface area contributed by atoms with Crippen LogP contribution in [0.4, 0.5) is 11.4 Å². The van der Waals surface area contributed by atoms with Crippen LogP contribution in [0.5, 0.6) is 11.5 Å². The summed E-state index contributed by atoms with van der Waals surface area (Å²) in [5, 5.41) is 0. The Morgan fingerprint density at radius 1 is 0.600 bits per heavy atom. The fraction of sp³-hybridized carbons (Fsp3) is 0.333. The highest BCUT2D eigenvalue weighted by molar-refractivity contribution is 8.00. The Bertz CT molecular complexity index is 1800. The van der Waals surface area contributed by atoms with Crippen LogP contribution in [0.25, 0.3) is 0 Å². The van der Waals surface area contributed by atoms with Crippen LogP contribution in [0.3, 0.4) is 0 Å². The Morgan fingerprint density at radius 3 is 1.40 bits per heavy atom. The average Bonchev–Trinajstić information content (AvgIpc) is 3.20. The maximum atomic E-state index is 13.2. The van der Waals surface area contributed by atoms with Crippen molar-refractivity contribution >= 4 is 58.7 Å². The zero-order chi connectivity index (χ0) is 38.6. The Labute approximate surface area is 329 Å². The second-order valence-corrected chi connectivity index (χ2v) is 14.7. The minimum Gasteiger partial charge on any atom is -0.492 e. The van der Waals surface area contributed by atoms with E-state index >= 15 is 0 Å². The smallest absolute Gasteiger partial charge is 0.343 e. The monoisotopic (exact) mass is 784 g/mol. The van der Waals surface area contributed by atoms with Crippen LogP contribution in [0, 0.1) is 0 Å². The van der Waals surface area contributed by atoms with E-state index in [0.717, 1.165) is 32.3 Å². The van der Waals surface area contributed by atoms with Crippen LogP contribution in [-0.2, 0) is 46.2 Å². The molecule has 0 spiro atoms. The molecule has 2 heterocycles. The van der Waals surface area contributed by atoms with Gasteiger partial charge in [0.05, 0.1) is 36.0 Å². The zero-order valence-corrected chi connectivity index (χ0v) is 32.5. The van der Waals surface area contributed by atoms with Crippen LogP contribution >= 0.6 is 23.5 Å². The number of benzene rings is 4. The lowest BCUT2D eigenvalue weighted by molar-refractivity contribution is -0.175. The molecular weight excluding hydrogens is 741 g/mol. The SMILES string of the molecule is CCOC(Cc1ccc(OCCN2C(=O)CSc3ccccc32)cc1)C(=O)OC(=O)C(Cc1ccc(OCCN2C(=O)CSc3ccccc32)cc1)OCC. The Balaban J connectivity index is 0.969. The highest BCUT2D eigenvalue weighted by Crippen LogP contribution is 2.36. The first-order chi connectivity index (χ1) is 26.8. The van der Waals surface area contributed by atoms with Gasteiger partial charge in [-0.05, 0) is 73.5 Å². The van der Waals surface area contributed by atoms with Crippen molar-refractivity contribution in [3.8, 4) is 11.5 Å². The van der Waals surface area contributed by atoms with Gasteiger partial charge in [-0.3, -0.25) is 9.59 Å². The number of esters is 2. The van der Waals surface area contributed by atoms with E-state index in [-0.39, 0.29) is 37.9 Å². The third kappa shape index (κ3) is 10.7. The van der Waals surface area contributed by atoms with E-state index in [1.807, 2.05) is 72.8 Å². The quantitative estimate of drug-likeness (QED) is 0.0825. The molecule has 0 radical (unpaired) electrons. The molecule has 55 heavy (non-hydrogen) atoms. The van der Waals surface area contributed by atoms with Crippen molar-refractivity contribution in [3.05, 3.63) is 108 Å². The number of carbonyl (C=O) groups is 4. The standard InChI is InChI=1S/C42H44N2O9S2/c1-3-49-35(25-29-13-17-31(18-14-29)51-23-21-43-33-9-5-7-11-37(33)54-27-39(43)45)41(47)53-42(48)36(50-4-2)26-30-15-19-32(20-16-30)52-24-22-44-34-10-6-8-12-38(34)55-28-40(44)46/h5-20,35-36H,3-4,21-28H2,1-2H3. The molecule has 13 heteroatoms. The fourth-order valence-electron chi connectivity index (χ4n) is 6.23. The molecule has 2 aliphatic rings. The van der Waals surface area contributed by atoms with Gasteiger partial charge in [0.1, 0.15) is 24.7 Å². The molecule has 4 aromatic carbocycles. The topological polar surface area (TPSA) is 121 Å². The van der Waals surface area contributed by atoms with E-state index < -0.39 is 24.1 Å². The summed E-state index contributed by atoms with van der Waals surface area (Å²) < 4.78 is 28.6. The number of ether oxygens (including phenoxy) is 5. The van der Waals surface area contributed by atoms with Gasteiger partial charge in [0, 0.05) is 35.8 Å². The molecule has 2 unspecified atom stereocenters. The first-order valence-electron chi connectivity index (χ1n) is 18.3. The fourth-order valence-corrected chi connectivity index (χ4v) is 8.10. The van der Waals surface area contributed by atoms with Gasteiger partial charge in [-0.15, -0.1) is 23.5 Å². The highest BCUT2D eigenvalue weighted by atomic mass is 32.2. The first kappa shape index (κ1) is 39.9. The third-order valence-corrected chi connectivity index (χ3v) is 11.0. The molecule has 0 bridgehead atoms. The zero-order valence-electron chi connectivity index (χ0n) is 30.8. The summed E-state index contributed by atoms with van der Waals surface area (Å²) in [4.78, 5) is 57.2. The van der Waals surface area contributed by atoms with Gasteiger partial charge >= 0.3 is 11.9 Å². The molecule has 0 aromatic heterocycles. The Morgan fingerprint density at radius 2 is 1.00 bits per heavy atom. The molecule has 288 valence electrons. The van der Waals surface area contributed by atoms with Crippen LogP contribution in [-0.4, -0.2) is 87.0 Å². The number of nitrogens with zero attached hydrogens (tertiary/aromatic N) is 2. The van der Waals surface area contributed by atoms with Crippen LogP contribution in [0.2, 0.25) is 0 Å². The van der Waals surface area contributed by atoms with Gasteiger partial charge in [-0.25, -0.2) is 9.59 Å². The molecule has 0 saturated heterocycles. The molecule has 0 fully saturated rings. The summed E-state index contributed by atoms with van der Waals surface area (Å²) in [5.74, 6) is 0.566. The van der Waals surface area contributed by atoms with Crippen molar-refractivity contribution in [1.82, 2.24) is 0 Å². The van der Waals surface area contributed by atoms with E-state index in [0.29, 0.717) is 49.3 Å². The summed E-state index contributed by atoms with van der Waals surface area (Å²) >= 11 is 3.08. The molecule has 6 rings (SSSR count). The largest absolute Gasteiger partial charge is 0.492 e. The molecule has 0 aliphatic carbocycles. The van der Waals surface area contributed by atoms with Crippen LogP contribution in [0.1, 0.15) is 25.0 Å². The second-order valence-electron chi connectivity index (χ2n) is 12.6. The molecule has 4 aromatic rings. The van der Waals surface area contributed by atoms with E-state index in [1.165, 1.54) is 0 Å². The van der Waals surface area contributed by atoms with Crippen molar-refractivity contribution in [2.75, 3.05) is 60.8 Å². The summed E-state index contributed by atoms with van der Waals surface area (Å²) in [6.45, 7) is 5.51. The van der Waals surface area contributed by atoms with Crippen molar-refractivity contribution in [2.45, 2.75) is 48.7 Å². The molecule has 2 aliphatic heterocycles. The molecule has 0 saturated carbocycles. The van der Waals surface area contributed by atoms with Gasteiger partial charge in [-0.2, -0.15) is 0 Å². The Kier molecular flexibility index (Phi) is 14.3. The molecule has 11 nitrogen and oxygen atoms in total. The summed E-state index contributed by atoms with van der Waals surface area (Å²) in [6.07, 6.45) is -1.63. The minimum absolute atomic E-state index is 0.0497. The lowest BCUT2D eigenvalue weighted by Crippen LogP contribution is -2.38. The number of hydrogen-bond acceptors (Lipinski definition) is 11. The molecule has 2 atom stereocenters. The predicted octanol–water partition coefficient (Wildman–Crippen LogP) is 6.39. The summed E-state index contributed by atoms with van der Waals surface area (Å²) in [7, 11) is 0. The molecule has 0 N–H and O–H groups in total. The first-order valence-corrected chi connectivity index (χ1v) is 20.3. The van der Waals surface area contributed by atoms with Crippen LogP contribution in [0.15, 0.2) is 107 Å². The van der Waals surface area contributed by atoms with Gasteiger partial charge < -0.3 is 33.5 Å². The molecule has 2 amide bonds. The Hall–Kier alpha value is -4.82. The number of para-hydroxylation sites is 2. The number of carbonyl (C=O) groups excluding carboxylic acids is 4. The number of amides is 2. The maximum absolute atomic E-state index is 13.2. The second kappa shape index (κ2) is 19.7. The van der Waals surface area contributed by atoms with Crippen molar-refractivity contribution in [2.24, 2.45) is 0 Å². The van der Waals surface area contributed by atoms with Gasteiger partial charge in [0.25, 0.3) is 0 Å². The highest BCUT2D eigenvalue weighted by Gasteiger charge is 2.29. The van der Waals surface area contributed by atoms with Gasteiger partial charge in [0.2, 0.25) is 11.8 Å². The molecular formula is C42H44N2O9S2. The normalized spacial score (nSPS) is 14.8. The summed E-state index contributed by atoms with van der Waals surface area (Å²) in [6, 6.07) is 30.2. The summed E-state index contributed by atoms with van der Waals surface area (Å²) in [5.41, 5.74) is 3.38. The number of fused-ring (bicyclic) bond motifs is 2. The van der Waals surface area contributed by atoms with E-state index in [4.69, 9.17) is 23.7 Å². The van der Waals surface area contributed by atoms with Crippen molar-refractivity contribution in [3.63, 3.8) is 0 Å². The van der Waals surface area contributed by atoms with E-state index in [1.54, 1.807) is 71.4 Å². The lowest BCUT2D eigenvalue weighted by Gasteiger charge is -2.28. The van der Waals surface area contributed by atoms with E-state index in [2.05, 4.69) is 0 Å². The van der Waals surface area contributed by atoms with Crippen LogP contribution < -0.4 is 19.3 Å². The third-order valence-electron chi connectivity index (χ3n) is 8.94. The van der Waals surface area contributed by atoms with Gasteiger partial charge in [-0.1, -0.05) is 48.5 Å². The van der Waals surface area contributed by atoms with Crippen molar-refractivity contribution < 1.29 is 42.9 Å². The average molecular weight is 785 g/mol. The maximum Gasteiger partial charge on any atom is 0.343 e. The van der Waals surface area contributed by atoms with E-state index in [9.17, 15) is 19.2 Å².